The van der Waals surface area contributed by atoms with Gasteiger partial charge in [-0.15, -0.1) is 0 Å². The molecule has 0 bridgehead atoms. The molecule has 1 N–H and O–H groups in total. The van der Waals surface area contributed by atoms with Crippen LogP contribution in [0.1, 0.15) is 12.5 Å². The lowest BCUT2D eigenvalue weighted by atomic mass is 10.3. The second kappa shape index (κ2) is 4.61. The Hall–Kier alpha value is -0.360. The van der Waals surface area contributed by atoms with Gasteiger partial charge in [-0.1, -0.05) is 0 Å². The highest BCUT2D eigenvalue weighted by atomic mass is 127. The van der Waals surface area contributed by atoms with Gasteiger partial charge in [0.25, 0.3) is 0 Å². The third kappa shape index (κ3) is 2.31. The highest BCUT2D eigenvalue weighted by Gasteiger charge is 2.03. The molecule has 0 atom stereocenters. The Morgan fingerprint density at radius 1 is 1.67 bits per heavy atom. The number of pyridine rings is 1. The molecule has 12 heavy (non-hydrogen) atoms. The molecule has 4 heteroatoms. The van der Waals surface area contributed by atoms with Gasteiger partial charge >= 0.3 is 0 Å². The number of aromatic nitrogens is 1. The zero-order chi connectivity index (χ0) is 8.97. The van der Waals surface area contributed by atoms with Crippen molar-refractivity contribution in [2.45, 2.75) is 13.5 Å². The number of ether oxygens (including phenoxy) is 1. The summed E-state index contributed by atoms with van der Waals surface area (Å²) >= 11 is 2.14. The van der Waals surface area contributed by atoms with Gasteiger partial charge in [0.05, 0.1) is 13.2 Å². The summed E-state index contributed by atoms with van der Waals surface area (Å²) in [5.41, 5.74) is 0.740. The van der Waals surface area contributed by atoms with E-state index in [-0.39, 0.29) is 6.61 Å². The van der Waals surface area contributed by atoms with Crippen LogP contribution in [0.5, 0.6) is 5.88 Å². The summed E-state index contributed by atoms with van der Waals surface area (Å²) in [6.07, 6.45) is 1.71. The molecule has 0 aliphatic rings. The zero-order valence-electron chi connectivity index (χ0n) is 6.75. The monoisotopic (exact) mass is 279 g/mol. The van der Waals surface area contributed by atoms with Crippen LogP contribution >= 0.6 is 22.6 Å². The predicted octanol–water partition coefficient (Wildman–Crippen LogP) is 1.58. The highest BCUT2D eigenvalue weighted by molar-refractivity contribution is 14.1. The molecule has 0 amide bonds. The standard InChI is InChI=1S/C8H10INO2/c1-2-12-8-6(5-11)3-7(9)4-10-8/h3-4,11H,2,5H2,1H3. The summed E-state index contributed by atoms with van der Waals surface area (Å²) in [7, 11) is 0. The summed E-state index contributed by atoms with van der Waals surface area (Å²) in [6.45, 7) is 2.43. The van der Waals surface area contributed by atoms with Crippen molar-refractivity contribution in [3.05, 3.63) is 21.4 Å². The molecule has 0 aliphatic carbocycles. The summed E-state index contributed by atoms with van der Waals surface area (Å²) < 4.78 is 6.21. The van der Waals surface area contributed by atoms with E-state index >= 15 is 0 Å². The Labute approximate surface area is 84.9 Å². The first kappa shape index (κ1) is 9.73. The first-order chi connectivity index (χ1) is 5.77. The second-order valence-corrected chi connectivity index (χ2v) is 3.45. The SMILES string of the molecule is CCOc1ncc(I)cc1CO. The van der Waals surface area contributed by atoms with Crippen LogP contribution in [-0.2, 0) is 6.61 Å². The van der Waals surface area contributed by atoms with Crippen molar-refractivity contribution in [3.63, 3.8) is 0 Å². The topological polar surface area (TPSA) is 42.4 Å². The fourth-order valence-corrected chi connectivity index (χ4v) is 1.36. The summed E-state index contributed by atoms with van der Waals surface area (Å²) in [6, 6.07) is 1.86. The van der Waals surface area contributed by atoms with Crippen LogP contribution in [0.15, 0.2) is 12.3 Å². The fourth-order valence-electron chi connectivity index (χ4n) is 0.849. The van der Waals surface area contributed by atoms with E-state index in [1.165, 1.54) is 0 Å². The second-order valence-electron chi connectivity index (χ2n) is 2.21. The molecule has 1 heterocycles. The van der Waals surface area contributed by atoms with Crippen molar-refractivity contribution >= 4 is 22.6 Å². The molecule has 1 rings (SSSR count). The maximum Gasteiger partial charge on any atom is 0.218 e. The number of hydrogen-bond acceptors (Lipinski definition) is 3. The van der Waals surface area contributed by atoms with Gasteiger partial charge in [0.2, 0.25) is 5.88 Å². The first-order valence-corrected chi connectivity index (χ1v) is 4.74. The average Bonchev–Trinajstić information content (AvgIpc) is 2.08. The van der Waals surface area contributed by atoms with E-state index in [0.717, 1.165) is 9.13 Å². The Balaban J connectivity index is 2.94. The Bertz CT molecular complexity index is 265. The van der Waals surface area contributed by atoms with E-state index in [1.807, 2.05) is 13.0 Å². The van der Waals surface area contributed by atoms with Gasteiger partial charge in [0, 0.05) is 15.3 Å². The highest BCUT2D eigenvalue weighted by Crippen LogP contribution is 2.17. The van der Waals surface area contributed by atoms with Gasteiger partial charge in [-0.05, 0) is 35.6 Å². The van der Waals surface area contributed by atoms with Crippen molar-refractivity contribution < 1.29 is 9.84 Å². The van der Waals surface area contributed by atoms with Gasteiger partial charge < -0.3 is 9.84 Å². The van der Waals surface area contributed by atoms with E-state index in [1.54, 1.807) is 6.20 Å². The largest absolute Gasteiger partial charge is 0.478 e. The van der Waals surface area contributed by atoms with E-state index in [0.29, 0.717) is 12.5 Å². The lowest BCUT2D eigenvalue weighted by Gasteiger charge is -2.06. The molecule has 1 aromatic heterocycles. The minimum Gasteiger partial charge on any atom is -0.478 e. The molecule has 0 unspecified atom stereocenters. The van der Waals surface area contributed by atoms with Crippen LogP contribution < -0.4 is 4.74 Å². The molecule has 1 aromatic rings. The molecule has 0 saturated carbocycles. The van der Waals surface area contributed by atoms with Gasteiger partial charge in [-0.2, -0.15) is 0 Å². The fraction of sp³-hybridized carbons (Fsp3) is 0.375. The lowest BCUT2D eigenvalue weighted by molar-refractivity contribution is 0.262. The van der Waals surface area contributed by atoms with E-state index < -0.39 is 0 Å². The van der Waals surface area contributed by atoms with E-state index in [2.05, 4.69) is 27.6 Å². The maximum absolute atomic E-state index is 8.95. The molecule has 66 valence electrons. The Kier molecular flexibility index (Phi) is 3.74. The molecule has 0 spiro atoms. The Morgan fingerprint density at radius 2 is 2.42 bits per heavy atom. The quantitative estimate of drug-likeness (QED) is 0.854. The number of aliphatic hydroxyl groups excluding tert-OH is 1. The Morgan fingerprint density at radius 3 is 3.00 bits per heavy atom. The third-order valence-corrected chi connectivity index (χ3v) is 1.93. The van der Waals surface area contributed by atoms with Crippen LogP contribution in [0.25, 0.3) is 0 Å². The molecule has 0 aromatic carbocycles. The summed E-state index contributed by atoms with van der Waals surface area (Å²) in [5.74, 6) is 0.528. The van der Waals surface area contributed by atoms with Crippen molar-refractivity contribution in [1.29, 1.82) is 0 Å². The van der Waals surface area contributed by atoms with Crippen LogP contribution in [0.3, 0.4) is 0 Å². The van der Waals surface area contributed by atoms with Crippen LogP contribution in [0.4, 0.5) is 0 Å². The minimum absolute atomic E-state index is 0.0286. The molecule has 0 saturated heterocycles. The first-order valence-electron chi connectivity index (χ1n) is 3.66. The summed E-state index contributed by atoms with van der Waals surface area (Å²) in [4.78, 5) is 4.05. The van der Waals surface area contributed by atoms with Crippen LogP contribution in [0, 0.1) is 3.57 Å². The van der Waals surface area contributed by atoms with E-state index in [9.17, 15) is 0 Å². The number of halogens is 1. The average molecular weight is 279 g/mol. The van der Waals surface area contributed by atoms with Gasteiger partial charge in [0.15, 0.2) is 0 Å². The van der Waals surface area contributed by atoms with Crippen molar-refractivity contribution in [1.82, 2.24) is 4.98 Å². The van der Waals surface area contributed by atoms with Crippen LogP contribution in [-0.4, -0.2) is 16.7 Å². The smallest absolute Gasteiger partial charge is 0.218 e. The van der Waals surface area contributed by atoms with Crippen molar-refractivity contribution in [3.8, 4) is 5.88 Å². The number of nitrogens with zero attached hydrogens (tertiary/aromatic N) is 1. The molecule has 0 fully saturated rings. The molecular weight excluding hydrogens is 269 g/mol. The number of rotatable bonds is 3. The van der Waals surface area contributed by atoms with Crippen molar-refractivity contribution in [2.24, 2.45) is 0 Å². The third-order valence-electron chi connectivity index (χ3n) is 1.34. The number of hydrogen-bond donors (Lipinski definition) is 1. The van der Waals surface area contributed by atoms with Crippen LogP contribution in [0.2, 0.25) is 0 Å². The van der Waals surface area contributed by atoms with Crippen molar-refractivity contribution in [2.75, 3.05) is 6.61 Å². The molecular formula is C8H10INO2. The van der Waals surface area contributed by atoms with Gasteiger partial charge in [0.1, 0.15) is 0 Å². The maximum atomic E-state index is 8.95. The lowest BCUT2D eigenvalue weighted by Crippen LogP contribution is -1.99. The minimum atomic E-state index is -0.0286. The summed E-state index contributed by atoms with van der Waals surface area (Å²) in [5, 5.41) is 8.95. The van der Waals surface area contributed by atoms with E-state index in [4.69, 9.17) is 9.84 Å². The normalized spacial score (nSPS) is 9.92. The molecule has 0 radical (unpaired) electrons. The van der Waals surface area contributed by atoms with Gasteiger partial charge in [-0.25, -0.2) is 4.98 Å². The number of aliphatic hydroxyl groups is 1. The molecule has 0 aliphatic heterocycles. The molecule has 3 nitrogen and oxygen atoms in total. The van der Waals surface area contributed by atoms with Gasteiger partial charge in [-0.3, -0.25) is 0 Å². The predicted molar refractivity (Wildman–Crippen MR) is 54.0 cm³/mol. The zero-order valence-corrected chi connectivity index (χ0v) is 8.91.